The van der Waals surface area contributed by atoms with Crippen molar-refractivity contribution in [2.75, 3.05) is 18.0 Å². The minimum atomic E-state index is 0.556. The zero-order valence-corrected chi connectivity index (χ0v) is 14.3. The lowest BCUT2D eigenvalue weighted by atomic mass is 9.78. The quantitative estimate of drug-likeness (QED) is 0.643. The highest BCUT2D eigenvalue weighted by atomic mass is 79.9. The Morgan fingerprint density at radius 2 is 1.94 bits per heavy atom. The van der Waals surface area contributed by atoms with Crippen molar-refractivity contribution in [3.63, 3.8) is 0 Å². The second kappa shape index (κ2) is 5.96. The van der Waals surface area contributed by atoms with E-state index in [1.165, 1.54) is 43.6 Å². The Hall–Kier alpha value is -0.0200. The standard InChI is InChI=1S/C15H21Br2N/c1-3-15(2)6-8-18(9-7-15)14-5-4-13(17)10-12(14)11-16/h4-5,10H,3,6-9,11H2,1-2H3. The predicted molar refractivity (Wildman–Crippen MR) is 86.6 cm³/mol. The van der Waals surface area contributed by atoms with E-state index in [1.807, 2.05) is 0 Å². The Morgan fingerprint density at radius 1 is 1.28 bits per heavy atom. The summed E-state index contributed by atoms with van der Waals surface area (Å²) in [6.45, 7) is 7.12. The number of benzene rings is 1. The number of piperidine rings is 1. The molecule has 1 aromatic carbocycles. The summed E-state index contributed by atoms with van der Waals surface area (Å²) in [7, 11) is 0. The summed E-state index contributed by atoms with van der Waals surface area (Å²) in [6.07, 6.45) is 3.91. The van der Waals surface area contributed by atoms with E-state index in [0.29, 0.717) is 5.41 Å². The van der Waals surface area contributed by atoms with Crippen LogP contribution in [0.2, 0.25) is 0 Å². The number of hydrogen-bond donors (Lipinski definition) is 0. The minimum absolute atomic E-state index is 0.556. The summed E-state index contributed by atoms with van der Waals surface area (Å²) < 4.78 is 1.16. The third-order valence-electron chi connectivity index (χ3n) is 4.35. The van der Waals surface area contributed by atoms with Crippen LogP contribution in [0.5, 0.6) is 0 Å². The van der Waals surface area contributed by atoms with Crippen LogP contribution in [0.4, 0.5) is 5.69 Å². The van der Waals surface area contributed by atoms with Crippen LogP contribution in [0.3, 0.4) is 0 Å². The molecular formula is C15H21Br2N. The molecule has 100 valence electrons. The van der Waals surface area contributed by atoms with E-state index < -0.39 is 0 Å². The smallest absolute Gasteiger partial charge is 0.0408 e. The van der Waals surface area contributed by atoms with Crippen molar-refractivity contribution in [1.82, 2.24) is 0 Å². The van der Waals surface area contributed by atoms with Gasteiger partial charge >= 0.3 is 0 Å². The fraction of sp³-hybridized carbons (Fsp3) is 0.600. The van der Waals surface area contributed by atoms with Crippen molar-refractivity contribution in [1.29, 1.82) is 0 Å². The Balaban J connectivity index is 2.14. The monoisotopic (exact) mass is 373 g/mol. The van der Waals surface area contributed by atoms with Crippen molar-refractivity contribution in [2.45, 2.75) is 38.4 Å². The van der Waals surface area contributed by atoms with E-state index in [-0.39, 0.29) is 0 Å². The highest BCUT2D eigenvalue weighted by Gasteiger charge is 2.28. The second-order valence-corrected chi connectivity index (χ2v) is 7.03. The average molecular weight is 375 g/mol. The molecule has 18 heavy (non-hydrogen) atoms. The molecule has 1 aromatic rings. The van der Waals surface area contributed by atoms with Gasteiger partial charge < -0.3 is 4.90 Å². The summed E-state index contributed by atoms with van der Waals surface area (Å²) in [5.74, 6) is 0. The lowest BCUT2D eigenvalue weighted by Crippen LogP contribution is -2.38. The maximum Gasteiger partial charge on any atom is 0.0408 e. The molecule has 0 radical (unpaired) electrons. The maximum atomic E-state index is 3.60. The van der Waals surface area contributed by atoms with Gasteiger partial charge in [0.1, 0.15) is 0 Å². The number of anilines is 1. The molecule has 0 spiro atoms. The molecule has 2 rings (SSSR count). The zero-order chi connectivity index (χ0) is 13.2. The number of nitrogens with zero attached hydrogens (tertiary/aromatic N) is 1. The summed E-state index contributed by atoms with van der Waals surface area (Å²) in [5.41, 5.74) is 3.33. The Labute approximate surface area is 127 Å². The molecule has 1 fully saturated rings. The molecule has 1 aliphatic rings. The molecule has 1 aliphatic heterocycles. The molecule has 0 aliphatic carbocycles. The van der Waals surface area contributed by atoms with Crippen LogP contribution in [0.1, 0.15) is 38.7 Å². The minimum Gasteiger partial charge on any atom is -0.371 e. The predicted octanol–water partition coefficient (Wildman–Crippen LogP) is 5.36. The second-order valence-electron chi connectivity index (χ2n) is 5.56. The van der Waals surface area contributed by atoms with Gasteiger partial charge in [0.05, 0.1) is 0 Å². The van der Waals surface area contributed by atoms with Crippen LogP contribution in [0.25, 0.3) is 0 Å². The first-order valence-corrected chi connectivity index (χ1v) is 8.59. The van der Waals surface area contributed by atoms with E-state index in [2.05, 4.69) is 68.8 Å². The van der Waals surface area contributed by atoms with Crippen LogP contribution >= 0.6 is 31.9 Å². The van der Waals surface area contributed by atoms with Crippen LogP contribution in [-0.2, 0) is 5.33 Å². The fourth-order valence-electron chi connectivity index (χ4n) is 2.61. The summed E-state index contributed by atoms with van der Waals surface area (Å²) in [5, 5.41) is 0.920. The molecule has 0 unspecified atom stereocenters. The number of alkyl halides is 1. The molecule has 0 saturated carbocycles. The van der Waals surface area contributed by atoms with Crippen LogP contribution < -0.4 is 4.90 Å². The normalized spacial score (nSPS) is 19.0. The lowest BCUT2D eigenvalue weighted by molar-refractivity contribution is 0.238. The van der Waals surface area contributed by atoms with E-state index in [9.17, 15) is 0 Å². The molecule has 1 saturated heterocycles. The van der Waals surface area contributed by atoms with Gasteiger partial charge in [-0.2, -0.15) is 0 Å². The zero-order valence-electron chi connectivity index (χ0n) is 11.2. The molecule has 0 amide bonds. The first kappa shape index (κ1) is 14.4. The Morgan fingerprint density at radius 3 is 2.50 bits per heavy atom. The molecule has 3 heteroatoms. The topological polar surface area (TPSA) is 3.24 Å². The van der Waals surface area contributed by atoms with E-state index in [1.54, 1.807) is 0 Å². The lowest BCUT2D eigenvalue weighted by Gasteiger charge is -2.40. The fourth-order valence-corrected chi connectivity index (χ4v) is 3.47. The highest BCUT2D eigenvalue weighted by molar-refractivity contribution is 9.10. The molecule has 0 bridgehead atoms. The number of rotatable bonds is 3. The average Bonchev–Trinajstić information content (AvgIpc) is 2.40. The van der Waals surface area contributed by atoms with E-state index in [4.69, 9.17) is 0 Å². The van der Waals surface area contributed by atoms with Crippen LogP contribution in [0, 0.1) is 5.41 Å². The van der Waals surface area contributed by atoms with Crippen LogP contribution in [0.15, 0.2) is 22.7 Å². The maximum absolute atomic E-state index is 3.60. The molecule has 0 atom stereocenters. The molecule has 0 N–H and O–H groups in total. The van der Waals surface area contributed by atoms with Crippen molar-refractivity contribution >= 4 is 37.5 Å². The van der Waals surface area contributed by atoms with Gasteiger partial charge in [0.2, 0.25) is 0 Å². The molecule has 0 aromatic heterocycles. The molecular weight excluding hydrogens is 354 g/mol. The van der Waals surface area contributed by atoms with Crippen molar-refractivity contribution in [3.05, 3.63) is 28.2 Å². The van der Waals surface area contributed by atoms with Gasteiger partial charge in [-0.1, -0.05) is 52.1 Å². The van der Waals surface area contributed by atoms with Gasteiger partial charge in [0.15, 0.2) is 0 Å². The van der Waals surface area contributed by atoms with E-state index in [0.717, 1.165) is 9.80 Å². The first-order valence-electron chi connectivity index (χ1n) is 6.67. The van der Waals surface area contributed by atoms with Crippen molar-refractivity contribution < 1.29 is 0 Å². The van der Waals surface area contributed by atoms with Gasteiger partial charge in [0.25, 0.3) is 0 Å². The number of hydrogen-bond acceptors (Lipinski definition) is 1. The Kier molecular flexibility index (Phi) is 4.76. The summed E-state index contributed by atoms with van der Waals surface area (Å²) in [6, 6.07) is 6.61. The van der Waals surface area contributed by atoms with Crippen molar-refractivity contribution in [3.8, 4) is 0 Å². The van der Waals surface area contributed by atoms with Crippen LogP contribution in [-0.4, -0.2) is 13.1 Å². The SMILES string of the molecule is CCC1(C)CCN(c2ccc(Br)cc2CBr)CC1. The third kappa shape index (κ3) is 3.11. The highest BCUT2D eigenvalue weighted by Crippen LogP contribution is 2.37. The van der Waals surface area contributed by atoms with Gasteiger partial charge in [-0.25, -0.2) is 0 Å². The molecule has 1 nitrogen and oxygen atoms in total. The Bertz CT molecular complexity index is 409. The summed E-state index contributed by atoms with van der Waals surface area (Å²) in [4.78, 5) is 2.54. The largest absolute Gasteiger partial charge is 0.371 e. The van der Waals surface area contributed by atoms with Gasteiger partial charge in [0, 0.05) is 28.6 Å². The van der Waals surface area contributed by atoms with Gasteiger partial charge in [-0.05, 0) is 42.0 Å². The summed E-state index contributed by atoms with van der Waals surface area (Å²) >= 11 is 7.15. The van der Waals surface area contributed by atoms with Gasteiger partial charge in [-0.3, -0.25) is 0 Å². The van der Waals surface area contributed by atoms with E-state index >= 15 is 0 Å². The molecule has 1 heterocycles. The van der Waals surface area contributed by atoms with Crippen molar-refractivity contribution in [2.24, 2.45) is 5.41 Å². The first-order chi connectivity index (χ1) is 8.58. The third-order valence-corrected chi connectivity index (χ3v) is 5.45. The number of halogens is 2. The van der Waals surface area contributed by atoms with Gasteiger partial charge in [-0.15, -0.1) is 0 Å².